The van der Waals surface area contributed by atoms with Crippen LogP contribution in [0.25, 0.3) is 0 Å². The molecule has 0 radical (unpaired) electrons. The molecule has 0 saturated heterocycles. The second-order valence-corrected chi connectivity index (χ2v) is 4.60. The van der Waals surface area contributed by atoms with Gasteiger partial charge in [-0.2, -0.15) is 13.2 Å². The molecule has 110 valence electrons. The van der Waals surface area contributed by atoms with Crippen LogP contribution in [0.2, 0.25) is 0 Å². The molecule has 0 bridgehead atoms. The van der Waals surface area contributed by atoms with E-state index in [0.717, 1.165) is 5.56 Å². The van der Waals surface area contributed by atoms with Gasteiger partial charge in [0.15, 0.2) is 0 Å². The van der Waals surface area contributed by atoms with Gasteiger partial charge in [0.2, 0.25) is 6.10 Å². The minimum absolute atomic E-state index is 0.0887. The Hall–Kier alpha value is -2.30. The van der Waals surface area contributed by atoms with Crippen molar-refractivity contribution < 1.29 is 22.7 Å². The molecule has 5 heteroatoms. The zero-order valence-electron chi connectivity index (χ0n) is 11.2. The van der Waals surface area contributed by atoms with Crippen molar-refractivity contribution in [3.8, 4) is 0 Å². The van der Waals surface area contributed by atoms with Gasteiger partial charge >= 0.3 is 12.1 Å². The molecule has 2 rings (SSSR count). The number of esters is 1. The summed E-state index contributed by atoms with van der Waals surface area (Å²) in [5, 5.41) is 0. The summed E-state index contributed by atoms with van der Waals surface area (Å²) in [5.41, 5.74) is 0.887. The Balaban J connectivity index is 2.24. The summed E-state index contributed by atoms with van der Waals surface area (Å²) in [7, 11) is 0. The van der Waals surface area contributed by atoms with E-state index < -0.39 is 18.2 Å². The van der Waals surface area contributed by atoms with Gasteiger partial charge in [0.05, 0.1) is 5.56 Å². The molecule has 0 spiro atoms. The van der Waals surface area contributed by atoms with E-state index >= 15 is 0 Å². The molecule has 21 heavy (non-hydrogen) atoms. The van der Waals surface area contributed by atoms with Crippen molar-refractivity contribution in [3.63, 3.8) is 0 Å². The van der Waals surface area contributed by atoms with Crippen molar-refractivity contribution in [1.29, 1.82) is 0 Å². The molecule has 0 heterocycles. The van der Waals surface area contributed by atoms with Crippen molar-refractivity contribution in [3.05, 3.63) is 71.3 Å². The van der Waals surface area contributed by atoms with E-state index in [-0.39, 0.29) is 11.1 Å². The van der Waals surface area contributed by atoms with Crippen LogP contribution in [0, 0.1) is 6.92 Å². The first kappa shape index (κ1) is 15.1. The molecule has 1 unspecified atom stereocenters. The molecule has 2 nitrogen and oxygen atoms in total. The number of rotatable bonds is 3. The molecule has 2 aromatic carbocycles. The fourth-order valence-corrected chi connectivity index (χ4v) is 1.82. The highest BCUT2D eigenvalue weighted by molar-refractivity contribution is 5.89. The maximum Gasteiger partial charge on any atom is 0.429 e. The van der Waals surface area contributed by atoms with Crippen LogP contribution in [0.4, 0.5) is 13.2 Å². The van der Waals surface area contributed by atoms with Gasteiger partial charge in [-0.15, -0.1) is 0 Å². The maximum atomic E-state index is 13.1. The van der Waals surface area contributed by atoms with E-state index in [2.05, 4.69) is 4.74 Å². The molecule has 1 atom stereocenters. The van der Waals surface area contributed by atoms with E-state index in [1.807, 2.05) is 6.92 Å². The SMILES string of the molecule is Cc1ccc(C(=O)OC(c2ccccc2)C(F)(F)F)cc1. The predicted octanol–water partition coefficient (Wildman–Crippen LogP) is 4.46. The predicted molar refractivity (Wildman–Crippen MR) is 71.8 cm³/mol. The van der Waals surface area contributed by atoms with Crippen LogP contribution >= 0.6 is 0 Å². The molecule has 2 aromatic rings. The molecule has 0 fully saturated rings. The van der Waals surface area contributed by atoms with E-state index in [1.54, 1.807) is 18.2 Å². The Morgan fingerprint density at radius 3 is 2.10 bits per heavy atom. The van der Waals surface area contributed by atoms with Gasteiger partial charge in [-0.1, -0.05) is 48.0 Å². The molecule has 0 aliphatic rings. The smallest absolute Gasteiger partial charge is 0.429 e. The van der Waals surface area contributed by atoms with Crippen LogP contribution in [0.5, 0.6) is 0 Å². The Labute approximate surface area is 120 Å². The van der Waals surface area contributed by atoms with Gasteiger partial charge in [0.1, 0.15) is 0 Å². The topological polar surface area (TPSA) is 26.3 Å². The molecule has 0 aromatic heterocycles. The van der Waals surface area contributed by atoms with Crippen molar-refractivity contribution in [2.24, 2.45) is 0 Å². The Bertz CT molecular complexity index is 604. The van der Waals surface area contributed by atoms with E-state index in [4.69, 9.17) is 0 Å². The van der Waals surface area contributed by atoms with Crippen molar-refractivity contribution in [2.45, 2.75) is 19.2 Å². The van der Waals surface area contributed by atoms with Gasteiger partial charge in [-0.25, -0.2) is 4.79 Å². The van der Waals surface area contributed by atoms with E-state index in [1.165, 1.54) is 36.4 Å². The third-order valence-electron chi connectivity index (χ3n) is 2.91. The normalized spacial score (nSPS) is 12.8. The lowest BCUT2D eigenvalue weighted by atomic mass is 10.1. The molecule has 0 aliphatic heterocycles. The van der Waals surface area contributed by atoms with E-state index in [0.29, 0.717) is 0 Å². The fraction of sp³-hybridized carbons (Fsp3) is 0.188. The summed E-state index contributed by atoms with van der Waals surface area (Å²) >= 11 is 0. The van der Waals surface area contributed by atoms with Gasteiger partial charge in [0, 0.05) is 5.56 Å². The number of benzene rings is 2. The summed E-state index contributed by atoms with van der Waals surface area (Å²) in [6, 6.07) is 13.2. The van der Waals surface area contributed by atoms with Crippen LogP contribution in [0.3, 0.4) is 0 Å². The summed E-state index contributed by atoms with van der Waals surface area (Å²) < 4.78 is 43.9. The highest BCUT2D eigenvalue weighted by Crippen LogP contribution is 2.36. The number of halogens is 3. The maximum absolute atomic E-state index is 13.1. The second kappa shape index (κ2) is 5.99. The minimum atomic E-state index is -4.66. The van der Waals surface area contributed by atoms with Crippen LogP contribution in [0.15, 0.2) is 54.6 Å². The third kappa shape index (κ3) is 3.84. The largest absolute Gasteiger partial charge is 0.444 e. The van der Waals surface area contributed by atoms with Crippen molar-refractivity contribution in [1.82, 2.24) is 0 Å². The van der Waals surface area contributed by atoms with Crippen LogP contribution in [-0.2, 0) is 4.74 Å². The van der Waals surface area contributed by atoms with Crippen molar-refractivity contribution in [2.75, 3.05) is 0 Å². The number of hydrogen-bond acceptors (Lipinski definition) is 2. The lowest BCUT2D eigenvalue weighted by Crippen LogP contribution is -2.26. The Morgan fingerprint density at radius 2 is 1.57 bits per heavy atom. The zero-order chi connectivity index (χ0) is 15.5. The molecule has 0 amide bonds. The van der Waals surface area contributed by atoms with Crippen LogP contribution in [-0.4, -0.2) is 12.1 Å². The number of ether oxygens (including phenoxy) is 1. The molecular formula is C16H13F3O2. The van der Waals surface area contributed by atoms with Crippen molar-refractivity contribution >= 4 is 5.97 Å². The van der Waals surface area contributed by atoms with Crippen LogP contribution in [0.1, 0.15) is 27.6 Å². The number of carbonyl (C=O) groups excluding carboxylic acids is 1. The number of carbonyl (C=O) groups is 1. The standard InChI is InChI=1S/C16H13F3O2/c1-11-7-9-13(10-8-11)15(20)21-14(16(17,18)19)12-5-3-2-4-6-12/h2-10,14H,1H3. The fourth-order valence-electron chi connectivity index (χ4n) is 1.82. The zero-order valence-corrected chi connectivity index (χ0v) is 11.2. The van der Waals surface area contributed by atoms with Gasteiger partial charge in [0.25, 0.3) is 0 Å². The molecule has 0 aliphatic carbocycles. The summed E-state index contributed by atoms with van der Waals surface area (Å²) in [4.78, 5) is 11.9. The lowest BCUT2D eigenvalue weighted by Gasteiger charge is -2.21. The number of aryl methyl sites for hydroxylation is 1. The van der Waals surface area contributed by atoms with Crippen LogP contribution < -0.4 is 0 Å². The molecular weight excluding hydrogens is 281 g/mol. The molecule has 0 saturated carbocycles. The first-order valence-corrected chi connectivity index (χ1v) is 6.27. The molecule has 0 N–H and O–H groups in total. The summed E-state index contributed by atoms with van der Waals surface area (Å²) in [5.74, 6) is -0.999. The first-order chi connectivity index (χ1) is 9.88. The van der Waals surface area contributed by atoms with Gasteiger partial charge in [-0.05, 0) is 19.1 Å². The minimum Gasteiger partial charge on any atom is -0.444 e. The highest BCUT2D eigenvalue weighted by Gasteiger charge is 2.44. The quantitative estimate of drug-likeness (QED) is 0.781. The highest BCUT2D eigenvalue weighted by atomic mass is 19.4. The lowest BCUT2D eigenvalue weighted by molar-refractivity contribution is -0.207. The monoisotopic (exact) mass is 294 g/mol. The average molecular weight is 294 g/mol. The van der Waals surface area contributed by atoms with Gasteiger partial charge in [-0.3, -0.25) is 0 Å². The summed E-state index contributed by atoms with van der Waals surface area (Å²) in [6.07, 6.45) is -6.94. The third-order valence-corrected chi connectivity index (χ3v) is 2.91. The Morgan fingerprint density at radius 1 is 1.00 bits per heavy atom. The van der Waals surface area contributed by atoms with Gasteiger partial charge < -0.3 is 4.74 Å². The summed E-state index contributed by atoms with van der Waals surface area (Å²) in [6.45, 7) is 1.82. The first-order valence-electron chi connectivity index (χ1n) is 6.27. The average Bonchev–Trinajstić information content (AvgIpc) is 2.45. The number of alkyl halides is 3. The van der Waals surface area contributed by atoms with E-state index in [9.17, 15) is 18.0 Å². The second-order valence-electron chi connectivity index (χ2n) is 4.60. The number of hydrogen-bond donors (Lipinski definition) is 0. The Kier molecular flexibility index (Phi) is 4.31.